The van der Waals surface area contributed by atoms with Crippen LogP contribution >= 0.6 is 11.6 Å². The van der Waals surface area contributed by atoms with Crippen molar-refractivity contribution in [2.75, 3.05) is 0 Å². The van der Waals surface area contributed by atoms with Crippen molar-refractivity contribution in [2.45, 2.75) is 6.92 Å². The molecule has 2 aromatic rings. The van der Waals surface area contributed by atoms with Gasteiger partial charge in [0.25, 0.3) is 0 Å². The van der Waals surface area contributed by atoms with E-state index in [2.05, 4.69) is 4.98 Å². The molecule has 0 bridgehead atoms. The quantitative estimate of drug-likeness (QED) is 0.680. The summed E-state index contributed by atoms with van der Waals surface area (Å²) in [6.45, 7) is 1.89. The predicted octanol–water partition coefficient (Wildman–Crippen LogP) is 2.08. The van der Waals surface area contributed by atoms with Crippen molar-refractivity contribution in [1.82, 2.24) is 4.98 Å². The monoisotopic (exact) mass is 183 g/mol. The third-order valence-corrected chi connectivity index (χ3v) is 1.93. The highest BCUT2D eigenvalue weighted by Gasteiger charge is 2.04. The van der Waals surface area contributed by atoms with Gasteiger partial charge < -0.3 is 4.42 Å². The zero-order valence-electron chi connectivity index (χ0n) is 6.35. The van der Waals surface area contributed by atoms with Gasteiger partial charge in [0.2, 0.25) is 0 Å². The number of oxazole rings is 1. The van der Waals surface area contributed by atoms with Crippen LogP contribution in [0.1, 0.15) is 5.56 Å². The molecule has 4 heteroatoms. The minimum atomic E-state index is -0.475. The molecule has 1 aromatic heterocycles. The Kier molecular flexibility index (Phi) is 1.48. The molecule has 2 rings (SSSR count). The number of benzene rings is 1. The first-order valence-electron chi connectivity index (χ1n) is 3.46. The number of fused-ring (bicyclic) bond motifs is 1. The first-order chi connectivity index (χ1) is 5.66. The molecule has 0 unspecified atom stereocenters. The molecule has 0 aliphatic rings. The van der Waals surface area contributed by atoms with Crippen LogP contribution in [0.2, 0.25) is 5.02 Å². The molecule has 0 amide bonds. The number of nitrogens with one attached hydrogen (secondary N) is 1. The van der Waals surface area contributed by atoms with Gasteiger partial charge >= 0.3 is 5.76 Å². The second-order valence-electron chi connectivity index (χ2n) is 2.63. The van der Waals surface area contributed by atoms with Crippen LogP contribution in [0.5, 0.6) is 0 Å². The van der Waals surface area contributed by atoms with Crippen LogP contribution in [-0.2, 0) is 0 Å². The van der Waals surface area contributed by atoms with E-state index in [1.807, 2.05) is 6.92 Å². The highest BCUT2D eigenvalue weighted by molar-refractivity contribution is 6.34. The van der Waals surface area contributed by atoms with E-state index in [0.29, 0.717) is 16.1 Å². The van der Waals surface area contributed by atoms with Crippen LogP contribution < -0.4 is 5.76 Å². The van der Waals surface area contributed by atoms with Gasteiger partial charge in [-0.05, 0) is 24.6 Å². The zero-order valence-corrected chi connectivity index (χ0v) is 7.11. The third kappa shape index (κ3) is 1.02. The largest absolute Gasteiger partial charge is 0.417 e. The number of hydrogen-bond donors (Lipinski definition) is 1. The Morgan fingerprint density at radius 2 is 2.25 bits per heavy atom. The second-order valence-corrected chi connectivity index (χ2v) is 3.04. The van der Waals surface area contributed by atoms with Gasteiger partial charge in [-0.1, -0.05) is 11.6 Å². The van der Waals surface area contributed by atoms with Gasteiger partial charge in [-0.2, -0.15) is 0 Å². The Morgan fingerprint density at radius 3 is 3.00 bits per heavy atom. The van der Waals surface area contributed by atoms with E-state index in [-0.39, 0.29) is 0 Å². The summed E-state index contributed by atoms with van der Waals surface area (Å²) >= 11 is 5.85. The Hall–Kier alpha value is -1.22. The van der Waals surface area contributed by atoms with E-state index in [9.17, 15) is 4.79 Å². The zero-order chi connectivity index (χ0) is 8.72. The Morgan fingerprint density at radius 1 is 1.50 bits per heavy atom. The maximum Gasteiger partial charge on any atom is 0.417 e. The van der Waals surface area contributed by atoms with E-state index in [4.69, 9.17) is 16.0 Å². The van der Waals surface area contributed by atoms with Crippen LogP contribution in [0, 0.1) is 6.92 Å². The molecule has 0 atom stereocenters. The molecule has 62 valence electrons. The van der Waals surface area contributed by atoms with Gasteiger partial charge in [-0.15, -0.1) is 0 Å². The molecule has 0 saturated heterocycles. The maximum atomic E-state index is 10.8. The number of hydrogen-bond acceptors (Lipinski definition) is 2. The maximum absolute atomic E-state index is 10.8. The highest BCUT2D eigenvalue weighted by atomic mass is 35.5. The standard InChI is InChI=1S/C8H6ClNO2/c1-4-2-5(9)7-6(3-4)12-8(11)10-7/h2-3H,1H3,(H,10,11). The summed E-state index contributed by atoms with van der Waals surface area (Å²) in [4.78, 5) is 13.3. The van der Waals surface area contributed by atoms with Crippen molar-refractivity contribution in [3.05, 3.63) is 33.3 Å². The van der Waals surface area contributed by atoms with Gasteiger partial charge in [0.1, 0.15) is 5.52 Å². The highest BCUT2D eigenvalue weighted by Crippen LogP contribution is 2.21. The first-order valence-corrected chi connectivity index (χ1v) is 3.83. The molecule has 0 aliphatic carbocycles. The van der Waals surface area contributed by atoms with Crippen molar-refractivity contribution in [2.24, 2.45) is 0 Å². The number of aromatic nitrogens is 1. The topological polar surface area (TPSA) is 46.0 Å². The van der Waals surface area contributed by atoms with Crippen LogP contribution in [0.3, 0.4) is 0 Å². The average Bonchev–Trinajstić information content (AvgIpc) is 2.29. The lowest BCUT2D eigenvalue weighted by atomic mass is 10.2. The Labute approximate surface area is 73.0 Å². The molecule has 0 spiro atoms. The molecule has 1 heterocycles. The van der Waals surface area contributed by atoms with Gasteiger partial charge in [0.15, 0.2) is 5.58 Å². The van der Waals surface area contributed by atoms with Gasteiger partial charge in [-0.3, -0.25) is 4.98 Å². The summed E-state index contributed by atoms with van der Waals surface area (Å²) in [6.07, 6.45) is 0. The fourth-order valence-corrected chi connectivity index (χ4v) is 1.45. The van der Waals surface area contributed by atoms with E-state index in [1.165, 1.54) is 0 Å². The fourth-order valence-electron chi connectivity index (χ4n) is 1.14. The fraction of sp³-hybridized carbons (Fsp3) is 0.125. The van der Waals surface area contributed by atoms with Crippen molar-refractivity contribution in [1.29, 1.82) is 0 Å². The number of halogens is 1. The number of aryl methyl sites for hydroxylation is 1. The van der Waals surface area contributed by atoms with Crippen molar-refractivity contribution in [3.8, 4) is 0 Å². The van der Waals surface area contributed by atoms with Gasteiger partial charge in [0, 0.05) is 0 Å². The summed E-state index contributed by atoms with van der Waals surface area (Å²) in [5.41, 5.74) is 2.03. The molecule has 1 aromatic carbocycles. The number of rotatable bonds is 0. The van der Waals surface area contributed by atoms with Crippen LogP contribution in [-0.4, -0.2) is 4.98 Å². The molecule has 1 N–H and O–H groups in total. The molecular formula is C8H6ClNO2. The van der Waals surface area contributed by atoms with E-state index in [0.717, 1.165) is 5.56 Å². The Balaban J connectivity index is 2.97. The molecule has 3 nitrogen and oxygen atoms in total. The molecule has 0 aliphatic heterocycles. The number of H-pyrrole nitrogens is 1. The van der Waals surface area contributed by atoms with E-state index in [1.54, 1.807) is 12.1 Å². The minimum absolute atomic E-state index is 0.475. The van der Waals surface area contributed by atoms with Crippen molar-refractivity contribution >= 4 is 22.7 Å². The third-order valence-electron chi connectivity index (χ3n) is 1.63. The Bertz CT molecular complexity index is 483. The normalized spacial score (nSPS) is 10.8. The van der Waals surface area contributed by atoms with E-state index < -0.39 is 5.76 Å². The van der Waals surface area contributed by atoms with Crippen molar-refractivity contribution in [3.63, 3.8) is 0 Å². The molecule has 0 saturated carbocycles. The molecular weight excluding hydrogens is 178 g/mol. The lowest BCUT2D eigenvalue weighted by Crippen LogP contribution is -1.93. The smallest absolute Gasteiger partial charge is 0.408 e. The summed E-state index contributed by atoms with van der Waals surface area (Å²) in [6, 6.07) is 3.54. The van der Waals surface area contributed by atoms with E-state index >= 15 is 0 Å². The summed E-state index contributed by atoms with van der Waals surface area (Å²) in [7, 11) is 0. The summed E-state index contributed by atoms with van der Waals surface area (Å²) in [5.74, 6) is -0.475. The van der Waals surface area contributed by atoms with Gasteiger partial charge in [0.05, 0.1) is 5.02 Å². The minimum Gasteiger partial charge on any atom is -0.408 e. The molecule has 0 radical (unpaired) electrons. The van der Waals surface area contributed by atoms with Crippen molar-refractivity contribution < 1.29 is 4.42 Å². The summed E-state index contributed by atoms with van der Waals surface area (Å²) in [5, 5.41) is 0.510. The van der Waals surface area contributed by atoms with Crippen LogP contribution in [0.4, 0.5) is 0 Å². The van der Waals surface area contributed by atoms with Crippen LogP contribution in [0.15, 0.2) is 21.3 Å². The lowest BCUT2D eigenvalue weighted by Gasteiger charge is -1.93. The number of aromatic amines is 1. The summed E-state index contributed by atoms with van der Waals surface area (Å²) < 4.78 is 4.83. The average molecular weight is 184 g/mol. The molecule has 12 heavy (non-hydrogen) atoms. The van der Waals surface area contributed by atoms with Crippen LogP contribution in [0.25, 0.3) is 11.1 Å². The second kappa shape index (κ2) is 2.38. The SMILES string of the molecule is Cc1cc(Cl)c2[nH]c(=O)oc2c1. The molecule has 0 fully saturated rings. The van der Waals surface area contributed by atoms with Gasteiger partial charge in [-0.25, -0.2) is 4.79 Å². The predicted molar refractivity (Wildman–Crippen MR) is 46.6 cm³/mol. The first kappa shape index (κ1) is 7.43. The lowest BCUT2D eigenvalue weighted by molar-refractivity contribution is 0.555.